The summed E-state index contributed by atoms with van der Waals surface area (Å²) in [5.74, 6) is 1.33. The SMILES string of the molecule is COc1ccc(-c2ccn(CC(=O)c3ccc4ccccc4c3)n2)cc1OC. The van der Waals surface area contributed by atoms with Crippen LogP contribution in [0.15, 0.2) is 72.9 Å². The van der Waals surface area contributed by atoms with Gasteiger partial charge in [-0.2, -0.15) is 5.10 Å². The van der Waals surface area contributed by atoms with Gasteiger partial charge in [-0.25, -0.2) is 0 Å². The second kappa shape index (κ2) is 7.56. The normalized spacial score (nSPS) is 10.8. The summed E-state index contributed by atoms with van der Waals surface area (Å²) in [4.78, 5) is 12.7. The number of nitrogens with zero attached hydrogens (tertiary/aromatic N) is 2. The number of carbonyl (C=O) groups excluding carboxylic acids is 1. The van der Waals surface area contributed by atoms with E-state index in [4.69, 9.17) is 9.47 Å². The molecular weight excluding hydrogens is 352 g/mol. The van der Waals surface area contributed by atoms with Gasteiger partial charge < -0.3 is 9.47 Å². The van der Waals surface area contributed by atoms with E-state index in [2.05, 4.69) is 5.10 Å². The first-order valence-electron chi connectivity index (χ1n) is 8.96. The predicted molar refractivity (Wildman–Crippen MR) is 109 cm³/mol. The fourth-order valence-corrected chi connectivity index (χ4v) is 3.20. The molecule has 4 aromatic rings. The summed E-state index contributed by atoms with van der Waals surface area (Å²) in [6.07, 6.45) is 1.81. The van der Waals surface area contributed by atoms with Crippen molar-refractivity contribution in [2.75, 3.05) is 14.2 Å². The second-order valence-corrected chi connectivity index (χ2v) is 6.45. The molecule has 5 nitrogen and oxygen atoms in total. The van der Waals surface area contributed by atoms with Crippen molar-refractivity contribution in [1.82, 2.24) is 9.78 Å². The van der Waals surface area contributed by atoms with Crippen molar-refractivity contribution in [1.29, 1.82) is 0 Å². The number of benzene rings is 3. The van der Waals surface area contributed by atoms with E-state index in [1.807, 2.05) is 72.9 Å². The van der Waals surface area contributed by atoms with Gasteiger partial charge in [0.2, 0.25) is 0 Å². The summed E-state index contributed by atoms with van der Waals surface area (Å²) in [6, 6.07) is 21.3. The van der Waals surface area contributed by atoms with E-state index in [9.17, 15) is 4.79 Å². The van der Waals surface area contributed by atoms with Crippen molar-refractivity contribution in [3.8, 4) is 22.8 Å². The lowest BCUT2D eigenvalue weighted by atomic mass is 10.0. The fourth-order valence-electron chi connectivity index (χ4n) is 3.20. The summed E-state index contributed by atoms with van der Waals surface area (Å²) >= 11 is 0. The Morgan fingerprint density at radius 2 is 1.68 bits per heavy atom. The van der Waals surface area contributed by atoms with Crippen molar-refractivity contribution in [2.24, 2.45) is 0 Å². The maximum atomic E-state index is 12.7. The molecule has 0 aliphatic rings. The quantitative estimate of drug-likeness (QED) is 0.464. The molecule has 4 rings (SSSR count). The number of Topliss-reactive ketones (excluding diaryl/α,β-unsaturated/α-hetero) is 1. The maximum Gasteiger partial charge on any atom is 0.184 e. The Bertz CT molecular complexity index is 1150. The molecule has 1 aromatic heterocycles. The summed E-state index contributed by atoms with van der Waals surface area (Å²) in [5, 5.41) is 6.71. The molecule has 0 atom stereocenters. The average molecular weight is 372 g/mol. The Morgan fingerprint density at radius 3 is 2.46 bits per heavy atom. The van der Waals surface area contributed by atoms with Crippen molar-refractivity contribution in [2.45, 2.75) is 6.54 Å². The lowest BCUT2D eigenvalue weighted by Gasteiger charge is -2.08. The first-order valence-corrected chi connectivity index (χ1v) is 8.96. The number of ketones is 1. The molecule has 0 amide bonds. The predicted octanol–water partition coefficient (Wildman–Crippen LogP) is 4.60. The monoisotopic (exact) mass is 372 g/mol. The van der Waals surface area contributed by atoms with E-state index in [0.717, 1.165) is 22.0 Å². The van der Waals surface area contributed by atoms with Crippen LogP contribution in [0.5, 0.6) is 11.5 Å². The molecule has 140 valence electrons. The fraction of sp³-hybridized carbons (Fsp3) is 0.130. The number of hydrogen-bond donors (Lipinski definition) is 0. The van der Waals surface area contributed by atoms with Crippen LogP contribution in [-0.4, -0.2) is 29.8 Å². The van der Waals surface area contributed by atoms with Crippen LogP contribution in [0.4, 0.5) is 0 Å². The van der Waals surface area contributed by atoms with Crippen LogP contribution in [0.2, 0.25) is 0 Å². The van der Waals surface area contributed by atoms with Crippen LogP contribution >= 0.6 is 0 Å². The third-order valence-corrected chi connectivity index (χ3v) is 4.70. The van der Waals surface area contributed by atoms with Crippen LogP contribution in [0.25, 0.3) is 22.0 Å². The summed E-state index contributed by atoms with van der Waals surface area (Å²) in [6.45, 7) is 0.186. The number of fused-ring (bicyclic) bond motifs is 1. The smallest absolute Gasteiger partial charge is 0.184 e. The summed E-state index contributed by atoms with van der Waals surface area (Å²) < 4.78 is 12.3. The highest BCUT2D eigenvalue weighted by atomic mass is 16.5. The highest BCUT2D eigenvalue weighted by Gasteiger charge is 2.11. The highest BCUT2D eigenvalue weighted by molar-refractivity contribution is 5.99. The lowest BCUT2D eigenvalue weighted by Crippen LogP contribution is -2.11. The van der Waals surface area contributed by atoms with Gasteiger partial charge in [0.15, 0.2) is 17.3 Å². The van der Waals surface area contributed by atoms with Gasteiger partial charge in [0.1, 0.15) is 6.54 Å². The molecule has 0 N–H and O–H groups in total. The maximum absolute atomic E-state index is 12.7. The van der Waals surface area contributed by atoms with Gasteiger partial charge in [0.05, 0.1) is 19.9 Å². The van der Waals surface area contributed by atoms with E-state index < -0.39 is 0 Å². The number of hydrogen-bond acceptors (Lipinski definition) is 4. The Labute approximate surface area is 163 Å². The highest BCUT2D eigenvalue weighted by Crippen LogP contribution is 2.31. The molecule has 0 saturated carbocycles. The molecule has 0 aliphatic carbocycles. The molecule has 1 heterocycles. The minimum atomic E-state index is 0.0210. The second-order valence-electron chi connectivity index (χ2n) is 6.45. The topological polar surface area (TPSA) is 53.4 Å². The van der Waals surface area contributed by atoms with Gasteiger partial charge in [-0.15, -0.1) is 0 Å². The molecular formula is C23H20N2O3. The van der Waals surface area contributed by atoms with Gasteiger partial charge in [0.25, 0.3) is 0 Å². The summed E-state index contributed by atoms with van der Waals surface area (Å²) in [7, 11) is 3.20. The molecule has 0 radical (unpaired) electrons. The average Bonchev–Trinajstić information content (AvgIpc) is 3.21. The van der Waals surface area contributed by atoms with Crippen molar-refractivity contribution in [3.63, 3.8) is 0 Å². The number of ether oxygens (including phenoxy) is 2. The van der Waals surface area contributed by atoms with Gasteiger partial charge in [-0.3, -0.25) is 9.48 Å². The number of aromatic nitrogens is 2. The molecule has 0 fully saturated rings. The van der Waals surface area contributed by atoms with Crippen LogP contribution in [0.1, 0.15) is 10.4 Å². The van der Waals surface area contributed by atoms with Gasteiger partial charge >= 0.3 is 0 Å². The number of rotatable bonds is 6. The molecule has 0 bridgehead atoms. The molecule has 5 heteroatoms. The minimum Gasteiger partial charge on any atom is -0.493 e. The zero-order chi connectivity index (χ0) is 19.5. The Morgan fingerprint density at radius 1 is 0.893 bits per heavy atom. The Hall–Kier alpha value is -3.60. The van der Waals surface area contributed by atoms with Gasteiger partial charge in [-0.1, -0.05) is 36.4 Å². The van der Waals surface area contributed by atoms with Crippen LogP contribution in [-0.2, 0) is 6.54 Å². The van der Waals surface area contributed by atoms with E-state index >= 15 is 0 Å². The zero-order valence-electron chi connectivity index (χ0n) is 15.8. The van der Waals surface area contributed by atoms with E-state index in [1.165, 1.54) is 0 Å². The minimum absolute atomic E-state index is 0.0210. The summed E-state index contributed by atoms with van der Waals surface area (Å²) in [5.41, 5.74) is 2.35. The first-order chi connectivity index (χ1) is 13.7. The standard InChI is InChI=1S/C23H20N2O3/c1-27-22-10-9-18(14-23(22)28-2)20-11-12-25(24-20)15-21(26)19-8-7-16-5-3-4-6-17(16)13-19/h3-14H,15H2,1-2H3. The van der Waals surface area contributed by atoms with Crippen LogP contribution < -0.4 is 9.47 Å². The third kappa shape index (κ3) is 3.47. The van der Waals surface area contributed by atoms with Gasteiger partial charge in [-0.05, 0) is 41.1 Å². The molecule has 0 aliphatic heterocycles. The van der Waals surface area contributed by atoms with Crippen LogP contribution in [0.3, 0.4) is 0 Å². The largest absolute Gasteiger partial charge is 0.493 e. The molecule has 0 unspecified atom stereocenters. The number of methoxy groups -OCH3 is 2. The zero-order valence-corrected chi connectivity index (χ0v) is 15.8. The van der Waals surface area contributed by atoms with Gasteiger partial charge in [0, 0.05) is 17.3 Å². The van der Waals surface area contributed by atoms with E-state index in [1.54, 1.807) is 18.9 Å². The van der Waals surface area contributed by atoms with Crippen molar-refractivity contribution < 1.29 is 14.3 Å². The Kier molecular flexibility index (Phi) is 4.81. The van der Waals surface area contributed by atoms with Crippen LogP contribution in [0, 0.1) is 0 Å². The Balaban J connectivity index is 1.55. The van der Waals surface area contributed by atoms with Crippen molar-refractivity contribution in [3.05, 3.63) is 78.5 Å². The number of carbonyl (C=O) groups is 1. The lowest BCUT2D eigenvalue weighted by molar-refractivity contribution is 0.0968. The third-order valence-electron chi connectivity index (χ3n) is 4.70. The molecule has 3 aromatic carbocycles. The molecule has 28 heavy (non-hydrogen) atoms. The molecule has 0 saturated heterocycles. The van der Waals surface area contributed by atoms with E-state index in [-0.39, 0.29) is 12.3 Å². The first kappa shape index (κ1) is 17.8. The van der Waals surface area contributed by atoms with Crippen molar-refractivity contribution >= 4 is 16.6 Å². The molecule has 0 spiro atoms. The van der Waals surface area contributed by atoms with E-state index in [0.29, 0.717) is 17.1 Å².